The fourth-order valence-corrected chi connectivity index (χ4v) is 0.809. The van der Waals surface area contributed by atoms with Crippen molar-refractivity contribution in [2.75, 3.05) is 11.5 Å². The van der Waals surface area contributed by atoms with Gasteiger partial charge in [-0.2, -0.15) is 4.98 Å². The molecule has 0 aromatic carbocycles. The van der Waals surface area contributed by atoms with Crippen LogP contribution in [-0.2, 0) is 0 Å². The van der Waals surface area contributed by atoms with Gasteiger partial charge in [0.1, 0.15) is 5.82 Å². The summed E-state index contributed by atoms with van der Waals surface area (Å²) < 4.78 is 0. The highest BCUT2D eigenvalue weighted by molar-refractivity contribution is 5.51. The standard InChI is InChI=1S/C10H14N4/c1-3-7(2)4-5-8-6-13-10(12)14-9(8)11/h6-7H,3H2,1-2H3,(H4,11,12,13,14). The lowest BCUT2D eigenvalue weighted by Gasteiger charge is -1.98. The number of rotatable bonds is 1. The first-order valence-electron chi connectivity index (χ1n) is 4.53. The van der Waals surface area contributed by atoms with Crippen LogP contribution in [-0.4, -0.2) is 9.97 Å². The van der Waals surface area contributed by atoms with Gasteiger partial charge < -0.3 is 11.5 Å². The van der Waals surface area contributed by atoms with Crippen LogP contribution in [0.3, 0.4) is 0 Å². The predicted molar refractivity (Wildman–Crippen MR) is 57.2 cm³/mol. The zero-order valence-electron chi connectivity index (χ0n) is 8.41. The Balaban J connectivity index is 2.90. The smallest absolute Gasteiger partial charge is 0.221 e. The molecule has 0 spiro atoms. The average molecular weight is 190 g/mol. The second-order valence-corrected chi connectivity index (χ2v) is 3.11. The number of nitrogens with zero attached hydrogens (tertiary/aromatic N) is 2. The summed E-state index contributed by atoms with van der Waals surface area (Å²) in [6, 6.07) is 0. The summed E-state index contributed by atoms with van der Waals surface area (Å²) in [6.07, 6.45) is 2.57. The molecule has 1 unspecified atom stereocenters. The maximum absolute atomic E-state index is 5.62. The van der Waals surface area contributed by atoms with Crippen LogP contribution < -0.4 is 11.5 Å². The van der Waals surface area contributed by atoms with Crippen molar-refractivity contribution in [1.82, 2.24) is 9.97 Å². The Morgan fingerprint density at radius 2 is 2.21 bits per heavy atom. The summed E-state index contributed by atoms with van der Waals surface area (Å²) >= 11 is 0. The third-order valence-corrected chi connectivity index (χ3v) is 1.90. The topological polar surface area (TPSA) is 77.8 Å². The minimum absolute atomic E-state index is 0.177. The van der Waals surface area contributed by atoms with Crippen molar-refractivity contribution in [2.24, 2.45) is 5.92 Å². The molecule has 0 aliphatic rings. The molecule has 0 aliphatic carbocycles. The van der Waals surface area contributed by atoms with Crippen LogP contribution in [0.1, 0.15) is 25.8 Å². The zero-order valence-corrected chi connectivity index (χ0v) is 8.41. The van der Waals surface area contributed by atoms with E-state index in [1.54, 1.807) is 6.20 Å². The Bertz CT molecular complexity index is 375. The van der Waals surface area contributed by atoms with Crippen molar-refractivity contribution >= 4 is 11.8 Å². The molecule has 14 heavy (non-hydrogen) atoms. The third kappa shape index (κ3) is 2.63. The summed E-state index contributed by atoms with van der Waals surface area (Å²) in [6.45, 7) is 4.14. The Kier molecular flexibility index (Phi) is 3.29. The molecule has 4 nitrogen and oxygen atoms in total. The minimum atomic E-state index is 0.177. The molecule has 74 valence electrons. The second kappa shape index (κ2) is 4.47. The van der Waals surface area contributed by atoms with E-state index in [0.29, 0.717) is 17.3 Å². The zero-order chi connectivity index (χ0) is 10.6. The van der Waals surface area contributed by atoms with E-state index in [1.165, 1.54) is 0 Å². The van der Waals surface area contributed by atoms with Crippen LogP contribution >= 0.6 is 0 Å². The van der Waals surface area contributed by atoms with Gasteiger partial charge in [0.25, 0.3) is 0 Å². The highest BCUT2D eigenvalue weighted by Gasteiger charge is 1.98. The Morgan fingerprint density at radius 1 is 1.50 bits per heavy atom. The number of hydrogen-bond acceptors (Lipinski definition) is 4. The molecule has 0 fully saturated rings. The van der Waals surface area contributed by atoms with Crippen LogP contribution in [0.4, 0.5) is 11.8 Å². The lowest BCUT2D eigenvalue weighted by molar-refractivity contribution is 0.723. The quantitative estimate of drug-likeness (QED) is 0.648. The van der Waals surface area contributed by atoms with Gasteiger partial charge in [-0.3, -0.25) is 0 Å². The number of nitrogens with two attached hydrogens (primary N) is 2. The monoisotopic (exact) mass is 190 g/mol. The van der Waals surface area contributed by atoms with Crippen molar-refractivity contribution in [3.63, 3.8) is 0 Å². The first kappa shape index (κ1) is 10.3. The molecule has 0 saturated heterocycles. The molecular weight excluding hydrogens is 176 g/mol. The van der Waals surface area contributed by atoms with E-state index in [1.807, 2.05) is 0 Å². The fraction of sp³-hybridized carbons (Fsp3) is 0.400. The Hall–Kier alpha value is -1.76. The van der Waals surface area contributed by atoms with Gasteiger partial charge in [0.05, 0.1) is 11.8 Å². The largest absolute Gasteiger partial charge is 0.382 e. The molecular formula is C10H14N4. The second-order valence-electron chi connectivity index (χ2n) is 3.11. The number of nitrogen functional groups attached to an aromatic ring is 2. The summed E-state index contributed by atoms with van der Waals surface area (Å²) in [4.78, 5) is 7.65. The lowest BCUT2D eigenvalue weighted by atomic mass is 10.1. The maximum Gasteiger partial charge on any atom is 0.221 e. The van der Waals surface area contributed by atoms with E-state index in [2.05, 4.69) is 35.7 Å². The van der Waals surface area contributed by atoms with Gasteiger partial charge in [-0.05, 0) is 6.42 Å². The van der Waals surface area contributed by atoms with Crippen LogP contribution in [0, 0.1) is 17.8 Å². The molecule has 0 saturated carbocycles. The summed E-state index contributed by atoms with van der Waals surface area (Å²) in [5, 5.41) is 0. The van der Waals surface area contributed by atoms with Crippen LogP contribution in [0.5, 0.6) is 0 Å². The normalized spacial score (nSPS) is 11.6. The highest BCUT2D eigenvalue weighted by atomic mass is 15.0. The first-order valence-corrected chi connectivity index (χ1v) is 4.53. The Morgan fingerprint density at radius 3 is 2.79 bits per heavy atom. The minimum Gasteiger partial charge on any atom is -0.382 e. The van der Waals surface area contributed by atoms with Gasteiger partial charge in [0.2, 0.25) is 5.95 Å². The molecule has 1 rings (SSSR count). The van der Waals surface area contributed by atoms with Gasteiger partial charge >= 0.3 is 0 Å². The van der Waals surface area contributed by atoms with Crippen molar-refractivity contribution in [2.45, 2.75) is 20.3 Å². The van der Waals surface area contributed by atoms with E-state index in [0.717, 1.165) is 6.42 Å². The number of hydrogen-bond donors (Lipinski definition) is 2. The highest BCUT2D eigenvalue weighted by Crippen LogP contribution is 2.07. The van der Waals surface area contributed by atoms with Crippen molar-refractivity contribution in [3.8, 4) is 11.8 Å². The fourth-order valence-electron chi connectivity index (χ4n) is 0.809. The maximum atomic E-state index is 5.62. The third-order valence-electron chi connectivity index (χ3n) is 1.90. The molecule has 0 radical (unpaired) electrons. The molecule has 1 aromatic heterocycles. The predicted octanol–water partition coefficient (Wildman–Crippen LogP) is 1.04. The lowest BCUT2D eigenvalue weighted by Crippen LogP contribution is -2.01. The molecule has 1 aromatic rings. The molecule has 1 atom stereocenters. The summed E-state index contributed by atoms with van der Waals surface area (Å²) in [7, 11) is 0. The summed E-state index contributed by atoms with van der Waals surface area (Å²) in [5.41, 5.74) is 11.6. The molecule has 0 amide bonds. The molecule has 0 bridgehead atoms. The van der Waals surface area contributed by atoms with Crippen LogP contribution in [0.25, 0.3) is 0 Å². The number of aromatic nitrogens is 2. The van der Waals surface area contributed by atoms with E-state index < -0.39 is 0 Å². The molecule has 1 heterocycles. The van der Waals surface area contributed by atoms with E-state index in [9.17, 15) is 0 Å². The SMILES string of the molecule is CCC(C)C#Cc1cnc(N)nc1N. The first-order chi connectivity index (χ1) is 6.63. The molecule has 4 heteroatoms. The van der Waals surface area contributed by atoms with Gasteiger partial charge in [0.15, 0.2) is 0 Å². The number of anilines is 2. The van der Waals surface area contributed by atoms with Gasteiger partial charge in [-0.15, -0.1) is 0 Å². The van der Waals surface area contributed by atoms with Crippen molar-refractivity contribution < 1.29 is 0 Å². The Labute approximate surface area is 83.7 Å². The van der Waals surface area contributed by atoms with Gasteiger partial charge in [-0.25, -0.2) is 4.98 Å². The van der Waals surface area contributed by atoms with Crippen molar-refractivity contribution in [3.05, 3.63) is 11.8 Å². The van der Waals surface area contributed by atoms with E-state index >= 15 is 0 Å². The van der Waals surface area contributed by atoms with Crippen LogP contribution in [0.2, 0.25) is 0 Å². The van der Waals surface area contributed by atoms with Gasteiger partial charge in [-0.1, -0.05) is 25.7 Å². The average Bonchev–Trinajstić information content (AvgIpc) is 2.16. The van der Waals surface area contributed by atoms with E-state index in [4.69, 9.17) is 11.5 Å². The van der Waals surface area contributed by atoms with Gasteiger partial charge in [0, 0.05) is 5.92 Å². The van der Waals surface area contributed by atoms with Crippen LogP contribution in [0.15, 0.2) is 6.20 Å². The molecule has 0 aliphatic heterocycles. The summed E-state index contributed by atoms with van der Waals surface area (Å²) in [5.74, 6) is 6.87. The van der Waals surface area contributed by atoms with Crippen molar-refractivity contribution in [1.29, 1.82) is 0 Å². The van der Waals surface area contributed by atoms with E-state index in [-0.39, 0.29) is 5.95 Å². The molecule has 4 N–H and O–H groups in total.